The molecule has 2 bridgehead atoms. The van der Waals surface area contributed by atoms with Crippen LogP contribution < -0.4 is 4.90 Å². The van der Waals surface area contributed by atoms with Crippen molar-refractivity contribution in [3.63, 3.8) is 0 Å². The molecule has 0 spiro atoms. The maximum Gasteiger partial charge on any atom is 0.324 e. The Labute approximate surface area is 148 Å². The Morgan fingerprint density at radius 3 is 2.68 bits per heavy atom. The fourth-order valence-electron chi connectivity index (χ4n) is 5.11. The number of carbonyl (C=O) groups excluding carboxylic acids is 1. The first-order chi connectivity index (χ1) is 12.3. The average Bonchev–Trinajstić information content (AvgIpc) is 3.27. The minimum atomic E-state index is 0.225. The number of urea groups is 1. The smallest absolute Gasteiger partial charge is 0.318 e. The molecule has 130 valence electrons. The van der Waals surface area contributed by atoms with Crippen LogP contribution in [0.4, 0.5) is 10.5 Å². The minimum Gasteiger partial charge on any atom is -0.318 e. The summed E-state index contributed by atoms with van der Waals surface area (Å²) in [7, 11) is 0. The summed E-state index contributed by atoms with van der Waals surface area (Å²) in [6, 6.07) is 11.4. The number of piperidine rings is 1. The second-order valence-electron chi connectivity index (χ2n) is 7.64. The molecule has 5 heteroatoms. The molecule has 5 nitrogen and oxygen atoms in total. The van der Waals surface area contributed by atoms with E-state index in [4.69, 9.17) is 0 Å². The maximum atomic E-state index is 13.4. The first-order valence-corrected chi connectivity index (χ1v) is 9.48. The largest absolute Gasteiger partial charge is 0.324 e. The molecule has 0 aliphatic carbocycles. The van der Waals surface area contributed by atoms with Gasteiger partial charge in [-0.05, 0) is 56.2 Å². The van der Waals surface area contributed by atoms with Crippen molar-refractivity contribution in [2.75, 3.05) is 11.4 Å². The van der Waals surface area contributed by atoms with Crippen LogP contribution in [0.25, 0.3) is 0 Å². The van der Waals surface area contributed by atoms with E-state index in [0.717, 1.165) is 50.8 Å². The van der Waals surface area contributed by atoms with Crippen LogP contribution in [-0.4, -0.2) is 39.8 Å². The van der Waals surface area contributed by atoms with Gasteiger partial charge in [0.2, 0.25) is 0 Å². The van der Waals surface area contributed by atoms with E-state index in [0.29, 0.717) is 18.0 Å². The number of nitrogens with zero attached hydrogens (tertiary/aromatic N) is 3. The zero-order valence-corrected chi connectivity index (χ0v) is 14.4. The van der Waals surface area contributed by atoms with E-state index in [1.54, 1.807) is 0 Å². The molecular weight excluding hydrogens is 312 g/mol. The number of anilines is 1. The third-order valence-corrected chi connectivity index (χ3v) is 6.26. The summed E-state index contributed by atoms with van der Waals surface area (Å²) in [6.07, 6.45) is 8.35. The normalized spacial score (nSPS) is 28.1. The number of benzene rings is 1. The Balaban J connectivity index is 1.39. The monoisotopic (exact) mass is 336 g/mol. The second kappa shape index (κ2) is 5.90. The van der Waals surface area contributed by atoms with Crippen LogP contribution in [0.3, 0.4) is 0 Å². The van der Waals surface area contributed by atoms with Gasteiger partial charge in [0.25, 0.3) is 0 Å². The van der Waals surface area contributed by atoms with Gasteiger partial charge in [-0.2, -0.15) is 5.10 Å². The van der Waals surface area contributed by atoms with Crippen molar-refractivity contribution in [3.05, 3.63) is 47.8 Å². The molecule has 2 saturated heterocycles. The van der Waals surface area contributed by atoms with Gasteiger partial charge in [-0.15, -0.1) is 0 Å². The molecule has 2 fully saturated rings. The first kappa shape index (κ1) is 15.0. The molecule has 1 aromatic carbocycles. The number of rotatable bonds is 1. The van der Waals surface area contributed by atoms with Gasteiger partial charge < -0.3 is 4.90 Å². The summed E-state index contributed by atoms with van der Waals surface area (Å²) in [6.45, 7) is 0.843. The van der Waals surface area contributed by atoms with Crippen LogP contribution in [-0.2, 0) is 6.42 Å². The Kier molecular flexibility index (Phi) is 3.54. The number of amides is 2. The van der Waals surface area contributed by atoms with Gasteiger partial charge in [-0.25, -0.2) is 4.79 Å². The van der Waals surface area contributed by atoms with Crippen molar-refractivity contribution in [2.45, 2.75) is 56.5 Å². The van der Waals surface area contributed by atoms with E-state index in [2.05, 4.69) is 39.4 Å². The van der Waals surface area contributed by atoms with E-state index in [9.17, 15) is 4.79 Å². The highest BCUT2D eigenvalue weighted by Crippen LogP contribution is 2.43. The average molecular weight is 336 g/mol. The zero-order valence-electron chi connectivity index (χ0n) is 14.4. The van der Waals surface area contributed by atoms with Gasteiger partial charge in [-0.1, -0.05) is 18.2 Å². The van der Waals surface area contributed by atoms with Crippen LogP contribution in [0, 0.1) is 0 Å². The Hall–Kier alpha value is -2.30. The number of carbonyl (C=O) groups is 1. The van der Waals surface area contributed by atoms with Crippen molar-refractivity contribution < 1.29 is 4.79 Å². The van der Waals surface area contributed by atoms with E-state index >= 15 is 0 Å². The molecule has 4 heterocycles. The van der Waals surface area contributed by atoms with Gasteiger partial charge >= 0.3 is 6.03 Å². The standard InChI is InChI=1S/C20H24N4O/c25-20(23-11-3-5-14-4-1-2-6-19(14)23)24-16-7-8-17(24)13-15(12-16)18-9-10-21-22-18/h1-2,4,6,9-10,15-17H,3,5,7-8,11-13H2,(H,21,22)/t15?,16-,17+. The number of aromatic amines is 1. The van der Waals surface area contributed by atoms with Crippen LogP contribution in [0.5, 0.6) is 0 Å². The number of hydrogen-bond acceptors (Lipinski definition) is 2. The number of aromatic nitrogens is 2. The molecule has 2 amide bonds. The highest BCUT2D eigenvalue weighted by atomic mass is 16.2. The van der Waals surface area contributed by atoms with Crippen LogP contribution >= 0.6 is 0 Å². The number of nitrogens with one attached hydrogen (secondary N) is 1. The first-order valence-electron chi connectivity index (χ1n) is 9.48. The van der Waals surface area contributed by atoms with Gasteiger partial charge in [0.1, 0.15) is 0 Å². The number of fused-ring (bicyclic) bond motifs is 3. The summed E-state index contributed by atoms with van der Waals surface area (Å²) >= 11 is 0. The van der Waals surface area contributed by atoms with Gasteiger partial charge in [0.15, 0.2) is 0 Å². The Morgan fingerprint density at radius 2 is 1.92 bits per heavy atom. The summed E-state index contributed by atoms with van der Waals surface area (Å²) in [5.41, 5.74) is 3.66. The van der Waals surface area contributed by atoms with E-state index in [1.807, 2.05) is 17.2 Å². The summed E-state index contributed by atoms with van der Waals surface area (Å²) in [5, 5.41) is 7.24. The molecule has 5 rings (SSSR count). The van der Waals surface area contributed by atoms with Gasteiger partial charge in [0, 0.05) is 42.1 Å². The molecule has 2 aromatic rings. The summed E-state index contributed by atoms with van der Waals surface area (Å²) in [4.78, 5) is 17.6. The van der Waals surface area contributed by atoms with E-state index < -0.39 is 0 Å². The number of para-hydroxylation sites is 1. The molecule has 1 unspecified atom stereocenters. The lowest BCUT2D eigenvalue weighted by atomic mass is 9.88. The fraction of sp³-hybridized carbons (Fsp3) is 0.500. The molecule has 0 saturated carbocycles. The van der Waals surface area contributed by atoms with Crippen LogP contribution in [0.1, 0.15) is 49.3 Å². The summed E-state index contributed by atoms with van der Waals surface area (Å²) < 4.78 is 0. The Bertz CT molecular complexity index is 758. The van der Waals surface area contributed by atoms with Crippen molar-refractivity contribution in [1.29, 1.82) is 0 Å². The predicted octanol–water partition coefficient (Wildman–Crippen LogP) is 3.69. The number of H-pyrrole nitrogens is 1. The third-order valence-electron chi connectivity index (χ3n) is 6.26. The van der Waals surface area contributed by atoms with Crippen molar-refractivity contribution in [1.82, 2.24) is 15.1 Å². The topological polar surface area (TPSA) is 52.2 Å². The Morgan fingerprint density at radius 1 is 1.12 bits per heavy atom. The highest BCUT2D eigenvalue weighted by molar-refractivity contribution is 5.94. The number of aryl methyl sites for hydroxylation is 1. The molecular formula is C20H24N4O. The van der Waals surface area contributed by atoms with Crippen molar-refractivity contribution >= 4 is 11.7 Å². The molecule has 25 heavy (non-hydrogen) atoms. The van der Waals surface area contributed by atoms with Crippen molar-refractivity contribution in [2.24, 2.45) is 0 Å². The van der Waals surface area contributed by atoms with Crippen molar-refractivity contribution in [3.8, 4) is 0 Å². The molecule has 3 atom stereocenters. The summed E-state index contributed by atoms with van der Waals surface area (Å²) in [5.74, 6) is 0.512. The lowest BCUT2D eigenvalue weighted by molar-refractivity contribution is 0.142. The van der Waals surface area contributed by atoms with Crippen LogP contribution in [0.15, 0.2) is 36.5 Å². The quantitative estimate of drug-likeness (QED) is 0.863. The molecule has 0 radical (unpaired) electrons. The van der Waals surface area contributed by atoms with E-state index in [-0.39, 0.29) is 6.03 Å². The minimum absolute atomic E-state index is 0.225. The maximum absolute atomic E-state index is 13.4. The third kappa shape index (κ3) is 2.44. The molecule has 3 aliphatic heterocycles. The molecule has 1 aromatic heterocycles. The van der Waals surface area contributed by atoms with Crippen LogP contribution in [0.2, 0.25) is 0 Å². The fourth-order valence-corrected chi connectivity index (χ4v) is 5.11. The molecule has 3 aliphatic rings. The lowest BCUT2D eigenvalue weighted by Gasteiger charge is -2.42. The number of hydrogen-bond donors (Lipinski definition) is 1. The molecule has 1 N–H and O–H groups in total. The zero-order chi connectivity index (χ0) is 16.8. The SMILES string of the molecule is O=C(N1CCCc2ccccc21)N1[C@@H]2CC[C@H]1CC(c1ccn[nH]1)C2. The predicted molar refractivity (Wildman–Crippen MR) is 96.7 cm³/mol. The highest BCUT2D eigenvalue weighted by Gasteiger charge is 2.45. The lowest BCUT2D eigenvalue weighted by Crippen LogP contribution is -2.53. The van der Waals surface area contributed by atoms with Gasteiger partial charge in [-0.3, -0.25) is 10.00 Å². The van der Waals surface area contributed by atoms with Gasteiger partial charge in [0.05, 0.1) is 0 Å². The van der Waals surface area contributed by atoms with E-state index in [1.165, 1.54) is 11.3 Å². The second-order valence-corrected chi connectivity index (χ2v) is 7.64.